The molecule has 3 nitrogen and oxygen atoms in total. The zero-order valence-corrected chi connectivity index (χ0v) is 12.8. The molecule has 0 aliphatic rings. The topological polar surface area (TPSA) is 42.0 Å². The molecule has 0 unspecified atom stereocenters. The maximum Gasteiger partial charge on any atom is 0.226 e. The largest absolute Gasteiger partial charge is 0.353 e. The quantitative estimate of drug-likeness (QED) is 0.882. The van der Waals surface area contributed by atoms with Crippen LogP contribution in [-0.2, 0) is 11.2 Å². The summed E-state index contributed by atoms with van der Waals surface area (Å²) in [6, 6.07) is 2.33. The van der Waals surface area contributed by atoms with Crippen LogP contribution in [0.2, 0.25) is 0 Å². The summed E-state index contributed by atoms with van der Waals surface area (Å²) in [4.78, 5) is 16.4. The molecule has 1 amide bonds. The van der Waals surface area contributed by atoms with Crippen LogP contribution in [0.3, 0.4) is 0 Å². The maximum atomic E-state index is 11.9. The van der Waals surface area contributed by atoms with Gasteiger partial charge in [-0.25, -0.2) is 4.98 Å². The van der Waals surface area contributed by atoms with Gasteiger partial charge in [-0.3, -0.25) is 4.79 Å². The zero-order valence-electron chi connectivity index (χ0n) is 11.2. The van der Waals surface area contributed by atoms with Crippen molar-refractivity contribution in [2.75, 3.05) is 0 Å². The summed E-state index contributed by atoms with van der Waals surface area (Å²) in [7, 11) is 0. The number of nitrogens with one attached hydrogen (secondary N) is 1. The molecular formula is C14H18N2OS2. The monoisotopic (exact) mass is 294 g/mol. The molecule has 2 heterocycles. The van der Waals surface area contributed by atoms with Gasteiger partial charge in [0, 0.05) is 22.4 Å². The molecule has 0 aromatic carbocycles. The highest BCUT2D eigenvalue weighted by Crippen LogP contribution is 2.25. The number of carbonyl (C=O) groups is 1. The van der Waals surface area contributed by atoms with Crippen LogP contribution in [0.25, 0.3) is 10.6 Å². The highest BCUT2D eigenvalue weighted by Gasteiger charge is 2.12. The second kappa shape index (κ2) is 6.82. The van der Waals surface area contributed by atoms with Crippen LogP contribution in [0, 0.1) is 0 Å². The van der Waals surface area contributed by atoms with E-state index in [9.17, 15) is 4.79 Å². The third-order valence-corrected chi connectivity index (χ3v) is 4.64. The average molecular weight is 294 g/mol. The Balaban J connectivity index is 1.95. The molecular weight excluding hydrogens is 276 g/mol. The molecule has 0 bridgehead atoms. The summed E-state index contributed by atoms with van der Waals surface area (Å²) in [5.41, 5.74) is 2.00. The second-order valence-electron chi connectivity index (χ2n) is 4.41. The van der Waals surface area contributed by atoms with Gasteiger partial charge in [-0.2, -0.15) is 11.3 Å². The van der Waals surface area contributed by atoms with Crippen molar-refractivity contribution in [2.24, 2.45) is 0 Å². The summed E-state index contributed by atoms with van der Waals surface area (Å²) in [6.45, 7) is 4.18. The van der Waals surface area contributed by atoms with E-state index in [0.717, 1.165) is 29.1 Å². The Morgan fingerprint density at radius 1 is 1.37 bits per heavy atom. The number of aromatic nitrogens is 1. The molecule has 2 aromatic heterocycles. The number of hydrogen-bond donors (Lipinski definition) is 1. The Morgan fingerprint density at radius 2 is 2.16 bits per heavy atom. The summed E-state index contributed by atoms with van der Waals surface area (Å²) < 4.78 is 0. The van der Waals surface area contributed by atoms with Crippen molar-refractivity contribution < 1.29 is 4.79 Å². The van der Waals surface area contributed by atoms with E-state index in [1.54, 1.807) is 22.7 Å². The van der Waals surface area contributed by atoms with Gasteiger partial charge in [-0.15, -0.1) is 11.3 Å². The van der Waals surface area contributed by atoms with Crippen molar-refractivity contribution in [2.45, 2.75) is 39.2 Å². The van der Waals surface area contributed by atoms with Gasteiger partial charge in [0.25, 0.3) is 0 Å². The first kappa shape index (κ1) is 14.2. The van der Waals surface area contributed by atoms with Crippen molar-refractivity contribution in [3.8, 4) is 10.6 Å². The van der Waals surface area contributed by atoms with E-state index in [-0.39, 0.29) is 11.9 Å². The molecule has 102 valence electrons. The van der Waals surface area contributed by atoms with Crippen LogP contribution >= 0.6 is 22.7 Å². The van der Waals surface area contributed by atoms with Crippen molar-refractivity contribution in [1.29, 1.82) is 0 Å². The molecule has 0 aliphatic heterocycles. The van der Waals surface area contributed by atoms with Gasteiger partial charge in [0.05, 0.1) is 12.1 Å². The van der Waals surface area contributed by atoms with Gasteiger partial charge < -0.3 is 5.32 Å². The van der Waals surface area contributed by atoms with E-state index in [1.165, 1.54) is 0 Å². The van der Waals surface area contributed by atoms with Crippen molar-refractivity contribution >= 4 is 28.6 Å². The van der Waals surface area contributed by atoms with Gasteiger partial charge in [0.2, 0.25) is 5.91 Å². The fourth-order valence-corrected chi connectivity index (χ4v) is 3.37. The first-order valence-corrected chi connectivity index (χ1v) is 8.31. The highest BCUT2D eigenvalue weighted by molar-refractivity contribution is 7.14. The van der Waals surface area contributed by atoms with Gasteiger partial charge in [-0.05, 0) is 24.3 Å². The van der Waals surface area contributed by atoms with Crippen LogP contribution in [0.1, 0.15) is 32.4 Å². The van der Waals surface area contributed by atoms with Gasteiger partial charge in [0.15, 0.2) is 0 Å². The smallest absolute Gasteiger partial charge is 0.226 e. The van der Waals surface area contributed by atoms with E-state index < -0.39 is 0 Å². The van der Waals surface area contributed by atoms with Gasteiger partial charge >= 0.3 is 0 Å². The Morgan fingerprint density at radius 3 is 2.79 bits per heavy atom. The Bertz CT molecular complexity index is 515. The van der Waals surface area contributed by atoms with Crippen LogP contribution < -0.4 is 5.32 Å². The number of rotatable bonds is 6. The minimum atomic E-state index is 0.0656. The Kier molecular flexibility index (Phi) is 5.10. The number of thiophene rings is 1. The molecule has 0 saturated carbocycles. The number of carbonyl (C=O) groups excluding carboxylic acids is 1. The fourth-order valence-electron chi connectivity index (χ4n) is 1.84. The van der Waals surface area contributed by atoms with Crippen LogP contribution in [0.15, 0.2) is 22.2 Å². The van der Waals surface area contributed by atoms with E-state index in [2.05, 4.69) is 35.6 Å². The van der Waals surface area contributed by atoms with E-state index in [0.29, 0.717) is 6.42 Å². The molecule has 0 spiro atoms. The Hall–Kier alpha value is -1.20. The first-order valence-electron chi connectivity index (χ1n) is 6.49. The van der Waals surface area contributed by atoms with Crippen LogP contribution in [0.5, 0.6) is 0 Å². The minimum absolute atomic E-state index is 0.0656. The van der Waals surface area contributed by atoms with E-state index in [4.69, 9.17) is 0 Å². The normalized spacial score (nSPS) is 10.9. The van der Waals surface area contributed by atoms with Crippen molar-refractivity contribution in [3.63, 3.8) is 0 Å². The molecule has 2 rings (SSSR count). The standard InChI is InChI=1S/C14H18N2OS2/c1-3-11(4-2)15-13(17)7-12-9-19-14(16-12)10-5-6-18-8-10/h5-6,8-9,11H,3-4,7H2,1-2H3,(H,15,17). The lowest BCUT2D eigenvalue weighted by molar-refractivity contribution is -0.121. The summed E-state index contributed by atoms with van der Waals surface area (Å²) in [5.74, 6) is 0.0656. The third-order valence-electron chi connectivity index (χ3n) is 3.01. The Labute approximate surface area is 121 Å². The molecule has 19 heavy (non-hydrogen) atoms. The van der Waals surface area contributed by atoms with Crippen molar-refractivity contribution in [1.82, 2.24) is 10.3 Å². The summed E-state index contributed by atoms with van der Waals surface area (Å²) in [6.07, 6.45) is 2.32. The number of thiazole rings is 1. The SMILES string of the molecule is CCC(CC)NC(=O)Cc1csc(-c2ccsc2)n1. The third kappa shape index (κ3) is 3.88. The average Bonchev–Trinajstić information content (AvgIpc) is 3.06. The lowest BCUT2D eigenvalue weighted by atomic mass is 10.1. The second-order valence-corrected chi connectivity index (χ2v) is 6.05. The number of amides is 1. The molecule has 0 saturated heterocycles. The van der Waals surface area contributed by atoms with E-state index >= 15 is 0 Å². The lowest BCUT2D eigenvalue weighted by Gasteiger charge is -2.13. The highest BCUT2D eigenvalue weighted by atomic mass is 32.1. The van der Waals surface area contributed by atoms with E-state index in [1.807, 2.05) is 10.8 Å². The summed E-state index contributed by atoms with van der Waals surface area (Å²) >= 11 is 3.25. The lowest BCUT2D eigenvalue weighted by Crippen LogP contribution is -2.34. The number of nitrogens with zero attached hydrogens (tertiary/aromatic N) is 1. The molecule has 0 fully saturated rings. The van der Waals surface area contributed by atoms with Gasteiger partial charge in [-0.1, -0.05) is 13.8 Å². The van der Waals surface area contributed by atoms with Crippen LogP contribution in [0.4, 0.5) is 0 Å². The number of hydrogen-bond acceptors (Lipinski definition) is 4. The molecule has 1 N–H and O–H groups in total. The van der Waals surface area contributed by atoms with Crippen LogP contribution in [-0.4, -0.2) is 16.9 Å². The maximum absolute atomic E-state index is 11.9. The van der Waals surface area contributed by atoms with Crippen molar-refractivity contribution in [3.05, 3.63) is 27.9 Å². The predicted molar refractivity (Wildman–Crippen MR) is 81.6 cm³/mol. The molecule has 5 heteroatoms. The molecule has 0 atom stereocenters. The molecule has 0 radical (unpaired) electrons. The zero-order chi connectivity index (χ0) is 13.7. The minimum Gasteiger partial charge on any atom is -0.353 e. The van der Waals surface area contributed by atoms with Gasteiger partial charge in [0.1, 0.15) is 5.01 Å². The molecule has 0 aliphatic carbocycles. The molecule has 2 aromatic rings. The summed E-state index contributed by atoms with van der Waals surface area (Å²) in [5, 5.41) is 10.1. The fraction of sp³-hybridized carbons (Fsp3) is 0.429. The first-order chi connectivity index (χ1) is 9.22. The predicted octanol–water partition coefficient (Wildman–Crippen LogP) is 3.72.